The molecule has 20 heavy (non-hydrogen) atoms. The van der Waals surface area contributed by atoms with Crippen molar-refractivity contribution in [3.05, 3.63) is 30.1 Å². The molecule has 0 aliphatic carbocycles. The van der Waals surface area contributed by atoms with E-state index < -0.39 is 5.97 Å². The van der Waals surface area contributed by atoms with Crippen molar-refractivity contribution in [1.29, 1.82) is 0 Å². The minimum atomic E-state index is -0.792. The molecule has 1 fully saturated rings. The summed E-state index contributed by atoms with van der Waals surface area (Å²) in [5.41, 5.74) is 1.32. The van der Waals surface area contributed by atoms with Crippen LogP contribution in [0.1, 0.15) is 24.8 Å². The second-order valence-corrected chi connectivity index (χ2v) is 5.16. The Hall–Kier alpha value is -1.46. The van der Waals surface area contributed by atoms with E-state index in [1.54, 1.807) is 0 Å². The maximum atomic E-state index is 10.4. The quantitative estimate of drug-likeness (QED) is 0.820. The van der Waals surface area contributed by atoms with Gasteiger partial charge < -0.3 is 14.7 Å². The number of carbonyl (C=O) groups is 1. The normalized spacial score (nSPS) is 17.2. The first-order chi connectivity index (χ1) is 9.74. The van der Waals surface area contributed by atoms with E-state index in [-0.39, 0.29) is 12.5 Å². The number of aromatic nitrogens is 1. The van der Waals surface area contributed by atoms with E-state index in [1.807, 2.05) is 12.4 Å². The number of rotatable bonds is 7. The number of carboxylic acids is 1. The second kappa shape index (κ2) is 7.97. The molecule has 0 aromatic carbocycles. The van der Waals surface area contributed by atoms with E-state index >= 15 is 0 Å². The third-order valence-corrected chi connectivity index (χ3v) is 3.67. The van der Waals surface area contributed by atoms with E-state index in [0.717, 1.165) is 38.9 Å². The molecule has 1 N–H and O–H groups in total. The predicted molar refractivity (Wildman–Crippen MR) is 75.6 cm³/mol. The highest BCUT2D eigenvalue weighted by atomic mass is 16.5. The molecule has 1 aliphatic heterocycles. The molecule has 2 rings (SSSR count). The smallest absolute Gasteiger partial charge is 0.305 e. The lowest BCUT2D eigenvalue weighted by Gasteiger charge is -2.31. The highest BCUT2D eigenvalue weighted by molar-refractivity contribution is 5.66. The number of pyridine rings is 1. The minimum Gasteiger partial charge on any atom is -0.481 e. The molecule has 0 amide bonds. The molecule has 0 unspecified atom stereocenters. The first-order valence-electron chi connectivity index (χ1n) is 7.18. The van der Waals surface area contributed by atoms with Crippen molar-refractivity contribution in [3.63, 3.8) is 0 Å². The average Bonchev–Trinajstić information content (AvgIpc) is 2.47. The first-order valence-corrected chi connectivity index (χ1v) is 7.18. The summed E-state index contributed by atoms with van der Waals surface area (Å²) in [6.07, 6.45) is 7.03. The number of likely N-dealkylation sites (tertiary alicyclic amines) is 1. The maximum Gasteiger partial charge on any atom is 0.305 e. The second-order valence-electron chi connectivity index (χ2n) is 5.16. The summed E-state index contributed by atoms with van der Waals surface area (Å²) in [5, 5.41) is 8.57. The summed E-state index contributed by atoms with van der Waals surface area (Å²) in [5.74, 6) is -0.792. The molecule has 2 heterocycles. The number of hydrogen-bond donors (Lipinski definition) is 1. The molecule has 5 nitrogen and oxygen atoms in total. The van der Waals surface area contributed by atoms with Gasteiger partial charge in [0.2, 0.25) is 0 Å². The van der Waals surface area contributed by atoms with Crippen LogP contribution < -0.4 is 0 Å². The lowest BCUT2D eigenvalue weighted by Crippen LogP contribution is -2.38. The van der Waals surface area contributed by atoms with E-state index in [4.69, 9.17) is 9.84 Å². The van der Waals surface area contributed by atoms with Crippen LogP contribution in [-0.4, -0.2) is 53.3 Å². The van der Waals surface area contributed by atoms with Gasteiger partial charge in [-0.15, -0.1) is 0 Å². The fourth-order valence-corrected chi connectivity index (χ4v) is 2.45. The van der Waals surface area contributed by atoms with Gasteiger partial charge in [-0.2, -0.15) is 0 Å². The molecule has 0 spiro atoms. The summed E-state index contributed by atoms with van der Waals surface area (Å²) in [6.45, 7) is 3.45. The SMILES string of the molecule is O=C(O)CCOC1CCN(CCc2ccncc2)CC1. The van der Waals surface area contributed by atoms with Gasteiger partial charge in [-0.05, 0) is 37.0 Å². The van der Waals surface area contributed by atoms with Gasteiger partial charge in [0.05, 0.1) is 19.1 Å². The third kappa shape index (κ3) is 5.27. The molecule has 110 valence electrons. The average molecular weight is 278 g/mol. The van der Waals surface area contributed by atoms with Crippen LogP contribution in [0.3, 0.4) is 0 Å². The Morgan fingerprint density at radius 3 is 2.70 bits per heavy atom. The van der Waals surface area contributed by atoms with Gasteiger partial charge in [0.25, 0.3) is 0 Å². The van der Waals surface area contributed by atoms with Crippen molar-refractivity contribution < 1.29 is 14.6 Å². The fraction of sp³-hybridized carbons (Fsp3) is 0.600. The van der Waals surface area contributed by atoms with E-state index in [1.165, 1.54) is 5.56 Å². The van der Waals surface area contributed by atoms with Gasteiger partial charge in [0.1, 0.15) is 0 Å². The summed E-state index contributed by atoms with van der Waals surface area (Å²) >= 11 is 0. The number of ether oxygens (including phenoxy) is 1. The molecular weight excluding hydrogens is 256 g/mol. The summed E-state index contributed by atoms with van der Waals surface area (Å²) < 4.78 is 5.59. The van der Waals surface area contributed by atoms with Gasteiger partial charge in [0.15, 0.2) is 0 Å². The molecule has 1 aromatic rings. The van der Waals surface area contributed by atoms with E-state index in [2.05, 4.69) is 22.0 Å². The van der Waals surface area contributed by atoms with Gasteiger partial charge in [-0.3, -0.25) is 9.78 Å². The molecular formula is C15H22N2O3. The largest absolute Gasteiger partial charge is 0.481 e. The van der Waals surface area contributed by atoms with E-state index in [9.17, 15) is 4.79 Å². The zero-order valence-electron chi connectivity index (χ0n) is 11.7. The first kappa shape index (κ1) is 14.9. The molecule has 1 saturated heterocycles. The van der Waals surface area contributed by atoms with Crippen molar-refractivity contribution >= 4 is 5.97 Å². The Kier molecular flexibility index (Phi) is 5.95. The van der Waals surface area contributed by atoms with Crippen LogP contribution >= 0.6 is 0 Å². The molecule has 0 saturated carbocycles. The molecule has 0 radical (unpaired) electrons. The van der Waals surface area contributed by atoms with Crippen molar-refractivity contribution in [2.75, 3.05) is 26.2 Å². The van der Waals surface area contributed by atoms with Gasteiger partial charge in [-0.25, -0.2) is 0 Å². The molecule has 0 atom stereocenters. The zero-order valence-corrected chi connectivity index (χ0v) is 11.7. The Labute approximate surface area is 119 Å². The van der Waals surface area contributed by atoms with Crippen LogP contribution in [0.4, 0.5) is 0 Å². The number of aliphatic carboxylic acids is 1. The number of carboxylic acid groups (broad SMARTS) is 1. The molecule has 5 heteroatoms. The zero-order chi connectivity index (χ0) is 14.2. The monoisotopic (exact) mass is 278 g/mol. The fourth-order valence-electron chi connectivity index (χ4n) is 2.45. The number of nitrogens with zero attached hydrogens (tertiary/aromatic N) is 2. The Balaban J connectivity index is 1.61. The van der Waals surface area contributed by atoms with Crippen LogP contribution in [0.5, 0.6) is 0 Å². The lowest BCUT2D eigenvalue weighted by atomic mass is 10.1. The standard InChI is InChI=1S/C15H22N2O3/c18-15(19)6-12-20-14-4-10-17(11-5-14)9-3-13-1-7-16-8-2-13/h1-2,7-8,14H,3-6,9-12H2,(H,18,19). The molecule has 1 aromatic heterocycles. The highest BCUT2D eigenvalue weighted by Gasteiger charge is 2.19. The van der Waals surface area contributed by atoms with Gasteiger partial charge in [0, 0.05) is 32.0 Å². The molecule has 0 bridgehead atoms. The van der Waals surface area contributed by atoms with Crippen molar-refractivity contribution in [2.24, 2.45) is 0 Å². The lowest BCUT2D eigenvalue weighted by molar-refractivity contribution is -0.138. The number of hydrogen-bond acceptors (Lipinski definition) is 4. The van der Waals surface area contributed by atoms with Crippen LogP contribution in [0.25, 0.3) is 0 Å². The maximum absolute atomic E-state index is 10.4. The van der Waals surface area contributed by atoms with Crippen molar-refractivity contribution in [1.82, 2.24) is 9.88 Å². The third-order valence-electron chi connectivity index (χ3n) is 3.67. The van der Waals surface area contributed by atoms with Crippen molar-refractivity contribution in [2.45, 2.75) is 31.8 Å². The van der Waals surface area contributed by atoms with Crippen molar-refractivity contribution in [3.8, 4) is 0 Å². The number of piperidine rings is 1. The summed E-state index contributed by atoms with van der Waals surface area (Å²) in [6, 6.07) is 4.11. The van der Waals surface area contributed by atoms with Crippen LogP contribution in [-0.2, 0) is 16.0 Å². The van der Waals surface area contributed by atoms with Crippen LogP contribution in [0.2, 0.25) is 0 Å². The molecule has 1 aliphatic rings. The summed E-state index contributed by atoms with van der Waals surface area (Å²) in [4.78, 5) is 16.9. The van der Waals surface area contributed by atoms with Crippen LogP contribution in [0, 0.1) is 0 Å². The topological polar surface area (TPSA) is 62.7 Å². The van der Waals surface area contributed by atoms with Gasteiger partial charge >= 0.3 is 5.97 Å². The van der Waals surface area contributed by atoms with Crippen LogP contribution in [0.15, 0.2) is 24.5 Å². The highest BCUT2D eigenvalue weighted by Crippen LogP contribution is 2.14. The minimum absolute atomic E-state index is 0.0995. The van der Waals surface area contributed by atoms with E-state index in [0.29, 0.717) is 6.61 Å². The Morgan fingerprint density at radius 1 is 1.35 bits per heavy atom. The summed E-state index contributed by atoms with van der Waals surface area (Å²) in [7, 11) is 0. The Bertz CT molecular complexity index is 403. The predicted octanol–water partition coefficient (Wildman–Crippen LogP) is 1.58. The van der Waals surface area contributed by atoms with Gasteiger partial charge in [-0.1, -0.05) is 0 Å². The Morgan fingerprint density at radius 2 is 2.05 bits per heavy atom.